The van der Waals surface area contributed by atoms with Gasteiger partial charge in [0.25, 0.3) is 5.56 Å². The third-order valence-corrected chi connectivity index (χ3v) is 4.67. The number of carbonyl (C=O) groups excluding carboxylic acids is 1. The Labute approximate surface area is 152 Å². The van der Waals surface area contributed by atoms with Crippen LogP contribution in [0.5, 0.6) is 0 Å². The molecule has 7 nitrogen and oxygen atoms in total. The van der Waals surface area contributed by atoms with E-state index in [9.17, 15) is 9.59 Å². The summed E-state index contributed by atoms with van der Waals surface area (Å²) in [7, 11) is 0. The first-order valence-electron chi connectivity index (χ1n) is 7.95. The van der Waals surface area contributed by atoms with E-state index in [0.29, 0.717) is 11.4 Å². The number of hydrogen-bond acceptors (Lipinski definition) is 5. The molecule has 0 saturated carbocycles. The van der Waals surface area contributed by atoms with Gasteiger partial charge in [0.15, 0.2) is 4.96 Å². The summed E-state index contributed by atoms with van der Waals surface area (Å²) in [5.41, 5.74) is 2.62. The van der Waals surface area contributed by atoms with Crippen LogP contribution in [0.4, 0.5) is 5.69 Å². The Morgan fingerprint density at radius 1 is 1.31 bits per heavy atom. The van der Waals surface area contributed by atoms with Gasteiger partial charge in [-0.15, -0.1) is 11.3 Å². The molecule has 0 aliphatic heterocycles. The van der Waals surface area contributed by atoms with Crippen LogP contribution in [0.1, 0.15) is 5.69 Å². The normalized spacial score (nSPS) is 11.0. The highest BCUT2D eigenvalue weighted by Gasteiger charge is 2.12. The Balaban J connectivity index is 1.59. The van der Waals surface area contributed by atoms with Crippen molar-refractivity contribution in [3.8, 4) is 11.3 Å². The molecule has 4 rings (SSSR count). The number of aryl methyl sites for hydroxylation is 1. The molecule has 0 radical (unpaired) electrons. The molecule has 0 aliphatic carbocycles. The molecule has 8 heteroatoms. The maximum absolute atomic E-state index is 12.4. The van der Waals surface area contributed by atoms with Gasteiger partial charge >= 0.3 is 0 Å². The van der Waals surface area contributed by atoms with Crippen molar-refractivity contribution in [1.29, 1.82) is 0 Å². The highest BCUT2D eigenvalue weighted by molar-refractivity contribution is 7.15. The van der Waals surface area contributed by atoms with Crippen LogP contribution in [0.3, 0.4) is 0 Å². The number of anilines is 1. The van der Waals surface area contributed by atoms with Crippen LogP contribution in [-0.2, 0) is 11.3 Å². The molecule has 0 spiro atoms. The van der Waals surface area contributed by atoms with Crippen LogP contribution in [0, 0.1) is 6.92 Å². The number of para-hydroxylation sites is 1. The predicted molar refractivity (Wildman–Crippen MR) is 100 cm³/mol. The molecular formula is C18H15N5O2S. The SMILES string of the molecule is Cc1cc(=O)n(CC(=O)Nc2ccccc2-c2cn3ccsc3n2)cn1. The number of thiazole rings is 1. The van der Waals surface area contributed by atoms with Gasteiger partial charge in [-0.25, -0.2) is 9.97 Å². The van der Waals surface area contributed by atoms with Crippen molar-refractivity contribution in [2.45, 2.75) is 13.5 Å². The van der Waals surface area contributed by atoms with Gasteiger partial charge in [-0.05, 0) is 13.0 Å². The summed E-state index contributed by atoms with van der Waals surface area (Å²) >= 11 is 1.55. The number of carbonyl (C=O) groups is 1. The summed E-state index contributed by atoms with van der Waals surface area (Å²) in [5, 5.41) is 4.83. The van der Waals surface area contributed by atoms with Gasteiger partial charge in [-0.3, -0.25) is 18.6 Å². The molecule has 1 amide bonds. The zero-order valence-corrected chi connectivity index (χ0v) is 14.7. The van der Waals surface area contributed by atoms with Crippen molar-refractivity contribution < 1.29 is 4.79 Å². The number of benzene rings is 1. The second-order valence-electron chi connectivity index (χ2n) is 5.81. The number of rotatable bonds is 4. The van der Waals surface area contributed by atoms with Gasteiger partial charge in [0, 0.05) is 35.1 Å². The first-order valence-corrected chi connectivity index (χ1v) is 8.83. The number of aromatic nitrogens is 4. The van der Waals surface area contributed by atoms with E-state index in [0.717, 1.165) is 16.2 Å². The highest BCUT2D eigenvalue weighted by atomic mass is 32.1. The Morgan fingerprint density at radius 2 is 2.15 bits per heavy atom. The lowest BCUT2D eigenvalue weighted by molar-refractivity contribution is -0.116. The third-order valence-electron chi connectivity index (χ3n) is 3.90. The monoisotopic (exact) mass is 365 g/mol. The van der Waals surface area contributed by atoms with Crippen LogP contribution >= 0.6 is 11.3 Å². The van der Waals surface area contributed by atoms with Crippen LogP contribution in [0.25, 0.3) is 16.2 Å². The molecule has 1 aromatic carbocycles. The smallest absolute Gasteiger partial charge is 0.253 e. The molecule has 0 fully saturated rings. The van der Waals surface area contributed by atoms with Crippen molar-refractivity contribution in [1.82, 2.24) is 18.9 Å². The standard InChI is InChI=1S/C18H15N5O2S/c1-12-8-17(25)23(11-19-12)10-16(24)20-14-5-3-2-4-13(14)15-9-22-6-7-26-18(22)21-15/h2-9,11H,10H2,1H3,(H,20,24). The van der Waals surface area contributed by atoms with E-state index in [1.54, 1.807) is 18.3 Å². The van der Waals surface area contributed by atoms with Gasteiger partial charge in [0.05, 0.1) is 17.7 Å². The van der Waals surface area contributed by atoms with Gasteiger partial charge in [-0.1, -0.05) is 18.2 Å². The minimum absolute atomic E-state index is 0.0985. The fourth-order valence-corrected chi connectivity index (χ4v) is 3.35. The number of imidazole rings is 1. The van der Waals surface area contributed by atoms with Gasteiger partial charge in [0.1, 0.15) is 6.54 Å². The molecule has 26 heavy (non-hydrogen) atoms. The minimum Gasteiger partial charge on any atom is -0.324 e. The average Bonchev–Trinajstić information content (AvgIpc) is 3.20. The Hall–Kier alpha value is -3.26. The lowest BCUT2D eigenvalue weighted by Gasteiger charge is -2.10. The maximum Gasteiger partial charge on any atom is 0.253 e. The molecule has 0 aliphatic rings. The van der Waals surface area contributed by atoms with Gasteiger partial charge < -0.3 is 5.32 Å². The molecule has 4 aromatic rings. The van der Waals surface area contributed by atoms with Crippen LogP contribution in [0.15, 0.2) is 59.2 Å². The molecule has 0 bridgehead atoms. The van der Waals surface area contributed by atoms with Crippen molar-refractivity contribution in [3.63, 3.8) is 0 Å². The first kappa shape index (κ1) is 16.2. The maximum atomic E-state index is 12.4. The third kappa shape index (κ3) is 3.14. The van der Waals surface area contributed by atoms with Gasteiger partial charge in [-0.2, -0.15) is 0 Å². The van der Waals surface area contributed by atoms with Crippen LogP contribution in [-0.4, -0.2) is 24.8 Å². The van der Waals surface area contributed by atoms with Crippen LogP contribution in [0.2, 0.25) is 0 Å². The summed E-state index contributed by atoms with van der Waals surface area (Å²) in [5.74, 6) is -0.300. The molecule has 0 unspecified atom stereocenters. The second kappa shape index (κ2) is 6.57. The van der Waals surface area contributed by atoms with Crippen molar-refractivity contribution in [2.24, 2.45) is 0 Å². The fraction of sp³-hybridized carbons (Fsp3) is 0.111. The summed E-state index contributed by atoms with van der Waals surface area (Å²) in [6.45, 7) is 1.64. The molecule has 1 N–H and O–H groups in total. The average molecular weight is 365 g/mol. The lowest BCUT2D eigenvalue weighted by atomic mass is 10.1. The van der Waals surface area contributed by atoms with Crippen LogP contribution < -0.4 is 10.9 Å². The highest BCUT2D eigenvalue weighted by Crippen LogP contribution is 2.28. The van der Waals surface area contributed by atoms with Gasteiger partial charge in [0.2, 0.25) is 5.91 Å². The zero-order valence-electron chi connectivity index (χ0n) is 13.9. The first-order chi connectivity index (χ1) is 12.6. The zero-order chi connectivity index (χ0) is 18.1. The summed E-state index contributed by atoms with van der Waals surface area (Å²) in [6.07, 6.45) is 5.24. The number of hydrogen-bond donors (Lipinski definition) is 1. The molecule has 3 heterocycles. The van der Waals surface area contributed by atoms with E-state index in [4.69, 9.17) is 0 Å². The van der Waals surface area contributed by atoms with E-state index in [1.165, 1.54) is 17.0 Å². The number of amides is 1. The molecule has 0 atom stereocenters. The van der Waals surface area contributed by atoms with E-state index in [-0.39, 0.29) is 18.0 Å². The molecular weight excluding hydrogens is 350 g/mol. The number of fused-ring (bicyclic) bond motifs is 1. The predicted octanol–water partition coefficient (Wildman–Crippen LogP) is 2.57. The fourth-order valence-electron chi connectivity index (χ4n) is 2.65. The minimum atomic E-state index is -0.300. The van der Waals surface area contributed by atoms with Crippen molar-refractivity contribution in [3.05, 3.63) is 70.5 Å². The molecule has 130 valence electrons. The summed E-state index contributed by atoms with van der Waals surface area (Å²) in [4.78, 5) is 33.8. The lowest BCUT2D eigenvalue weighted by Crippen LogP contribution is -2.27. The van der Waals surface area contributed by atoms with Crippen molar-refractivity contribution in [2.75, 3.05) is 5.32 Å². The van der Waals surface area contributed by atoms with E-state index in [1.807, 2.05) is 46.4 Å². The summed E-state index contributed by atoms with van der Waals surface area (Å²) in [6, 6.07) is 8.86. The van der Waals surface area contributed by atoms with E-state index >= 15 is 0 Å². The second-order valence-corrected chi connectivity index (χ2v) is 6.68. The Morgan fingerprint density at radius 3 is 2.96 bits per heavy atom. The molecule has 0 saturated heterocycles. The Bertz CT molecular complexity index is 1130. The van der Waals surface area contributed by atoms with Crippen molar-refractivity contribution >= 4 is 27.9 Å². The van der Waals surface area contributed by atoms with E-state index < -0.39 is 0 Å². The largest absolute Gasteiger partial charge is 0.324 e. The quantitative estimate of drug-likeness (QED) is 0.603. The van der Waals surface area contributed by atoms with E-state index in [2.05, 4.69) is 15.3 Å². The number of nitrogens with one attached hydrogen (secondary N) is 1. The Kier molecular flexibility index (Phi) is 4.10. The molecule has 3 aromatic heterocycles. The number of nitrogens with zero attached hydrogens (tertiary/aromatic N) is 4. The topological polar surface area (TPSA) is 81.3 Å². The summed E-state index contributed by atoms with van der Waals surface area (Å²) < 4.78 is 3.22.